The minimum atomic E-state index is -0.244. The molecule has 1 aromatic carbocycles. The number of halogens is 1. The number of benzene rings is 1. The van der Waals surface area contributed by atoms with Crippen LogP contribution in [0.1, 0.15) is 6.42 Å². The normalized spacial score (nSPS) is 27.8. The van der Waals surface area contributed by atoms with E-state index in [1.165, 1.54) is 0 Å². The van der Waals surface area contributed by atoms with Gasteiger partial charge in [-0.1, -0.05) is 22.0 Å². The van der Waals surface area contributed by atoms with Gasteiger partial charge in [-0.3, -0.25) is 4.90 Å². The largest absolute Gasteiger partial charge is 0.447 e. The van der Waals surface area contributed by atoms with Crippen molar-refractivity contribution in [2.45, 2.75) is 12.0 Å². The Kier molecular flexibility index (Phi) is 2.60. The average molecular weight is 297 g/mol. The highest BCUT2D eigenvalue weighted by atomic mass is 79.9. The Morgan fingerprint density at radius 2 is 2.35 bits per heavy atom. The van der Waals surface area contributed by atoms with Crippen molar-refractivity contribution < 1.29 is 9.53 Å². The molecule has 1 aromatic rings. The highest BCUT2D eigenvalue weighted by Crippen LogP contribution is 2.35. The molecule has 2 fully saturated rings. The molecule has 0 aliphatic carbocycles. The second-order valence-corrected chi connectivity index (χ2v) is 5.44. The molecule has 4 nitrogen and oxygen atoms in total. The Hall–Kier alpha value is -1.07. The lowest BCUT2D eigenvalue weighted by Crippen LogP contribution is -2.49. The predicted molar refractivity (Wildman–Crippen MR) is 68.2 cm³/mol. The van der Waals surface area contributed by atoms with Gasteiger partial charge in [-0.2, -0.15) is 0 Å². The van der Waals surface area contributed by atoms with Crippen LogP contribution >= 0.6 is 15.9 Å². The summed E-state index contributed by atoms with van der Waals surface area (Å²) in [5, 5.41) is 3.30. The van der Waals surface area contributed by atoms with Crippen molar-refractivity contribution in [3.05, 3.63) is 28.7 Å². The first-order valence-electron chi connectivity index (χ1n) is 5.65. The van der Waals surface area contributed by atoms with Crippen LogP contribution in [-0.4, -0.2) is 31.3 Å². The second-order valence-electron chi connectivity index (χ2n) is 4.52. The number of nitrogens with one attached hydrogen (secondary N) is 1. The summed E-state index contributed by atoms with van der Waals surface area (Å²) < 4.78 is 6.20. The summed E-state index contributed by atoms with van der Waals surface area (Å²) in [6.45, 7) is 2.21. The number of ether oxygens (including phenoxy) is 1. The van der Waals surface area contributed by atoms with Gasteiger partial charge >= 0.3 is 6.09 Å². The van der Waals surface area contributed by atoms with Crippen LogP contribution in [-0.2, 0) is 4.74 Å². The van der Waals surface area contributed by atoms with E-state index in [0.717, 1.165) is 29.7 Å². The van der Waals surface area contributed by atoms with E-state index >= 15 is 0 Å². The van der Waals surface area contributed by atoms with E-state index in [9.17, 15) is 4.79 Å². The number of nitrogens with zero attached hydrogens (tertiary/aromatic N) is 1. The first kappa shape index (κ1) is 11.0. The Morgan fingerprint density at radius 1 is 1.47 bits per heavy atom. The molecule has 2 aliphatic rings. The maximum absolute atomic E-state index is 11.9. The molecule has 1 atom stereocenters. The molecule has 0 radical (unpaired) electrons. The van der Waals surface area contributed by atoms with Gasteiger partial charge in [0.15, 0.2) is 0 Å². The zero-order chi connectivity index (χ0) is 11.9. The molecule has 90 valence electrons. The van der Waals surface area contributed by atoms with Gasteiger partial charge in [-0.05, 0) is 31.2 Å². The maximum atomic E-state index is 11.9. The van der Waals surface area contributed by atoms with Gasteiger partial charge < -0.3 is 10.1 Å². The van der Waals surface area contributed by atoms with Crippen LogP contribution in [0.5, 0.6) is 0 Å². The Labute approximate surface area is 108 Å². The SMILES string of the molecule is O=C1OCC2(CCNC2)N1c1cccc(Br)c1. The molecule has 0 aromatic heterocycles. The summed E-state index contributed by atoms with van der Waals surface area (Å²) >= 11 is 3.43. The van der Waals surface area contributed by atoms with Crippen LogP contribution in [0.25, 0.3) is 0 Å². The van der Waals surface area contributed by atoms with Crippen LogP contribution in [0.2, 0.25) is 0 Å². The molecule has 1 amide bonds. The number of amides is 1. The van der Waals surface area contributed by atoms with E-state index in [1.807, 2.05) is 24.3 Å². The standard InChI is InChI=1S/C12H13BrN2O2/c13-9-2-1-3-10(6-9)15-11(16)17-8-12(15)4-5-14-7-12/h1-3,6,14H,4-5,7-8H2. The lowest BCUT2D eigenvalue weighted by atomic mass is 9.98. The molecule has 0 saturated carbocycles. The first-order chi connectivity index (χ1) is 8.21. The zero-order valence-electron chi connectivity index (χ0n) is 9.28. The van der Waals surface area contributed by atoms with E-state index in [0.29, 0.717) is 6.61 Å². The molecule has 2 heterocycles. The zero-order valence-corrected chi connectivity index (χ0v) is 10.9. The lowest BCUT2D eigenvalue weighted by molar-refractivity contribution is 0.174. The number of rotatable bonds is 1. The fourth-order valence-electron chi connectivity index (χ4n) is 2.56. The van der Waals surface area contributed by atoms with Crippen LogP contribution in [0.3, 0.4) is 0 Å². The average Bonchev–Trinajstić information content (AvgIpc) is 2.88. The van der Waals surface area contributed by atoms with Gasteiger partial charge in [0.2, 0.25) is 0 Å². The Balaban J connectivity index is 2.01. The fraction of sp³-hybridized carbons (Fsp3) is 0.417. The molecule has 2 aliphatic heterocycles. The van der Waals surface area contributed by atoms with E-state index in [1.54, 1.807) is 4.90 Å². The predicted octanol–water partition coefficient (Wildman–Crippen LogP) is 2.14. The quantitative estimate of drug-likeness (QED) is 0.863. The van der Waals surface area contributed by atoms with E-state index in [-0.39, 0.29) is 11.6 Å². The molecule has 1 N–H and O–H groups in total. The minimum Gasteiger partial charge on any atom is -0.447 e. The maximum Gasteiger partial charge on any atom is 0.415 e. The summed E-state index contributed by atoms with van der Waals surface area (Å²) in [4.78, 5) is 13.7. The van der Waals surface area contributed by atoms with E-state index < -0.39 is 0 Å². The van der Waals surface area contributed by atoms with Gasteiger partial charge in [0, 0.05) is 16.7 Å². The van der Waals surface area contributed by atoms with Gasteiger partial charge in [0.1, 0.15) is 6.61 Å². The summed E-state index contributed by atoms with van der Waals surface area (Å²) in [6.07, 6.45) is 0.692. The summed E-state index contributed by atoms with van der Waals surface area (Å²) in [6, 6.07) is 7.77. The number of hydrogen-bond acceptors (Lipinski definition) is 3. The van der Waals surface area contributed by atoms with Crippen molar-refractivity contribution in [1.29, 1.82) is 0 Å². The van der Waals surface area contributed by atoms with E-state index in [4.69, 9.17) is 4.74 Å². The Morgan fingerprint density at radius 3 is 3.06 bits per heavy atom. The highest BCUT2D eigenvalue weighted by molar-refractivity contribution is 9.10. The number of anilines is 1. The third kappa shape index (κ3) is 1.73. The van der Waals surface area contributed by atoms with E-state index in [2.05, 4.69) is 21.2 Å². The molecule has 17 heavy (non-hydrogen) atoms. The van der Waals surface area contributed by atoms with Crippen LogP contribution in [0, 0.1) is 0 Å². The molecule has 3 rings (SSSR count). The molecule has 5 heteroatoms. The van der Waals surface area contributed by atoms with Crippen molar-refractivity contribution in [3.63, 3.8) is 0 Å². The van der Waals surface area contributed by atoms with Gasteiger partial charge in [0.25, 0.3) is 0 Å². The highest BCUT2D eigenvalue weighted by Gasteiger charge is 2.49. The number of cyclic esters (lactones) is 1. The first-order valence-corrected chi connectivity index (χ1v) is 6.44. The fourth-order valence-corrected chi connectivity index (χ4v) is 2.95. The number of carbonyl (C=O) groups is 1. The van der Waals surface area contributed by atoms with Crippen molar-refractivity contribution >= 4 is 27.7 Å². The van der Waals surface area contributed by atoms with Crippen molar-refractivity contribution in [3.8, 4) is 0 Å². The van der Waals surface area contributed by atoms with Crippen LogP contribution in [0.4, 0.5) is 10.5 Å². The van der Waals surface area contributed by atoms with Gasteiger partial charge in [-0.25, -0.2) is 4.79 Å². The topological polar surface area (TPSA) is 41.6 Å². The van der Waals surface area contributed by atoms with Crippen LogP contribution in [0.15, 0.2) is 28.7 Å². The van der Waals surface area contributed by atoms with Gasteiger partial charge in [-0.15, -0.1) is 0 Å². The second kappa shape index (κ2) is 3.99. The molecule has 0 bridgehead atoms. The third-order valence-corrected chi connectivity index (χ3v) is 3.90. The molecule has 1 unspecified atom stereocenters. The molecule has 1 spiro atoms. The minimum absolute atomic E-state index is 0.197. The molecular formula is C12H13BrN2O2. The summed E-state index contributed by atoms with van der Waals surface area (Å²) in [5.41, 5.74) is 0.698. The molecule has 2 saturated heterocycles. The lowest BCUT2D eigenvalue weighted by Gasteiger charge is -2.30. The molecular weight excluding hydrogens is 284 g/mol. The Bertz CT molecular complexity index is 458. The monoisotopic (exact) mass is 296 g/mol. The third-order valence-electron chi connectivity index (χ3n) is 3.41. The number of hydrogen-bond donors (Lipinski definition) is 1. The summed E-state index contributed by atoms with van der Waals surface area (Å²) in [5.74, 6) is 0. The smallest absolute Gasteiger partial charge is 0.415 e. The van der Waals surface area contributed by atoms with Crippen molar-refractivity contribution in [2.24, 2.45) is 0 Å². The number of carbonyl (C=O) groups excluding carboxylic acids is 1. The van der Waals surface area contributed by atoms with Gasteiger partial charge in [0.05, 0.1) is 5.54 Å². The van der Waals surface area contributed by atoms with Crippen molar-refractivity contribution in [2.75, 3.05) is 24.6 Å². The summed E-state index contributed by atoms with van der Waals surface area (Å²) in [7, 11) is 0. The van der Waals surface area contributed by atoms with Crippen LogP contribution < -0.4 is 10.2 Å². The van der Waals surface area contributed by atoms with Crippen molar-refractivity contribution in [1.82, 2.24) is 5.32 Å².